The Morgan fingerprint density at radius 1 is 1.27 bits per heavy atom. The smallest absolute Gasteiger partial charge is 0.271 e. The van der Waals surface area contributed by atoms with E-state index in [2.05, 4.69) is 10.6 Å². The third-order valence-corrected chi connectivity index (χ3v) is 6.71. The molecular formula is C25H30FN5O2. The second-order valence-corrected chi connectivity index (χ2v) is 8.84. The highest BCUT2D eigenvalue weighted by atomic mass is 19.1. The van der Waals surface area contributed by atoms with Crippen molar-refractivity contribution in [2.75, 3.05) is 20.2 Å². The minimum absolute atomic E-state index is 0.0132. The first-order valence-corrected chi connectivity index (χ1v) is 11.3. The first kappa shape index (κ1) is 22.7. The maximum atomic E-state index is 14.7. The molecule has 4 rings (SSSR count). The van der Waals surface area contributed by atoms with Gasteiger partial charge in [0, 0.05) is 30.0 Å². The van der Waals surface area contributed by atoms with Crippen LogP contribution in [0.3, 0.4) is 0 Å². The zero-order valence-corrected chi connectivity index (χ0v) is 19.5. The van der Waals surface area contributed by atoms with E-state index in [4.69, 9.17) is 10.00 Å². The van der Waals surface area contributed by atoms with Crippen molar-refractivity contribution in [3.8, 4) is 6.07 Å². The fourth-order valence-electron chi connectivity index (χ4n) is 4.90. The number of hydrogen-bond donors (Lipinski definition) is 2. The number of methoxy groups -OCH3 is 1. The number of nitrogens with one attached hydrogen (secondary N) is 2. The zero-order chi connectivity index (χ0) is 23.8. The number of rotatable bonds is 4. The van der Waals surface area contributed by atoms with Crippen LogP contribution < -0.4 is 10.6 Å². The third kappa shape index (κ3) is 3.92. The Balaban J connectivity index is 1.81. The van der Waals surface area contributed by atoms with E-state index in [-0.39, 0.29) is 17.5 Å². The summed E-state index contributed by atoms with van der Waals surface area (Å²) in [6.45, 7) is 7.32. The molecule has 174 valence electrons. The van der Waals surface area contributed by atoms with E-state index >= 15 is 0 Å². The van der Waals surface area contributed by atoms with Crippen molar-refractivity contribution >= 4 is 5.91 Å². The first-order chi connectivity index (χ1) is 15.8. The molecule has 1 amide bonds. The van der Waals surface area contributed by atoms with Crippen LogP contribution in [0.2, 0.25) is 0 Å². The number of amides is 1. The topological polar surface area (TPSA) is 80.6 Å². The largest absolute Gasteiger partial charge is 0.483 e. The summed E-state index contributed by atoms with van der Waals surface area (Å²) in [5, 5.41) is 15.9. The lowest BCUT2D eigenvalue weighted by molar-refractivity contribution is -0.128. The van der Waals surface area contributed by atoms with E-state index in [0.29, 0.717) is 17.1 Å². The number of piperidine rings is 1. The summed E-state index contributed by atoms with van der Waals surface area (Å²) < 4.78 is 20.0. The van der Waals surface area contributed by atoms with Gasteiger partial charge < -0.3 is 25.2 Å². The van der Waals surface area contributed by atoms with Crippen molar-refractivity contribution in [2.24, 2.45) is 0 Å². The number of hydrogen-bond acceptors (Lipinski definition) is 6. The Kier molecular flexibility index (Phi) is 6.07. The normalized spacial score (nSPS) is 25.0. The Morgan fingerprint density at radius 2 is 2.00 bits per heavy atom. The SMILES string of the molecule is COC1=CC=C(N2C(C)=C(C(=O)N3CCCCC3)NC2(C)c2ccc(C#N)c(F)c2)C(C)N1. The second-order valence-electron chi connectivity index (χ2n) is 8.84. The first-order valence-electron chi connectivity index (χ1n) is 11.3. The van der Waals surface area contributed by atoms with Crippen molar-refractivity contribution in [2.45, 2.75) is 51.7 Å². The highest BCUT2D eigenvalue weighted by Gasteiger charge is 2.46. The lowest BCUT2D eigenvalue weighted by atomic mass is 9.96. The van der Waals surface area contributed by atoms with E-state index in [9.17, 15) is 9.18 Å². The molecular weight excluding hydrogens is 421 g/mol. The number of nitrogens with zero attached hydrogens (tertiary/aromatic N) is 3. The Labute approximate surface area is 194 Å². The van der Waals surface area contributed by atoms with E-state index in [1.807, 2.05) is 48.8 Å². The maximum Gasteiger partial charge on any atom is 0.271 e. The van der Waals surface area contributed by atoms with E-state index in [0.717, 1.165) is 43.7 Å². The van der Waals surface area contributed by atoms with Crippen LogP contribution in [0.25, 0.3) is 0 Å². The highest BCUT2D eigenvalue weighted by molar-refractivity contribution is 5.94. The van der Waals surface area contributed by atoms with Crippen molar-refractivity contribution in [3.05, 3.63) is 70.3 Å². The fourth-order valence-corrected chi connectivity index (χ4v) is 4.90. The Morgan fingerprint density at radius 3 is 2.61 bits per heavy atom. The standard InChI is InChI=1S/C25H30FN5O2/c1-16-21(10-11-22(28-16)33-4)31-17(2)23(24(32)30-12-6-5-7-13-30)29-25(31,3)19-9-8-18(15-27)20(26)14-19/h8-11,14,16,28-29H,5-7,12-13H2,1-4H3. The van der Waals surface area contributed by atoms with Gasteiger partial charge >= 0.3 is 0 Å². The van der Waals surface area contributed by atoms with Gasteiger partial charge in [-0.1, -0.05) is 6.07 Å². The Hall–Kier alpha value is -3.47. The second kappa shape index (κ2) is 8.81. The van der Waals surface area contributed by atoms with Gasteiger partial charge in [0.15, 0.2) is 5.88 Å². The monoisotopic (exact) mass is 451 g/mol. The van der Waals surface area contributed by atoms with Crippen molar-refractivity contribution < 1.29 is 13.9 Å². The molecule has 1 aromatic rings. The summed E-state index contributed by atoms with van der Waals surface area (Å²) in [6, 6.07) is 6.35. The highest BCUT2D eigenvalue weighted by Crippen LogP contribution is 2.42. The van der Waals surface area contributed by atoms with Gasteiger partial charge in [0.25, 0.3) is 5.91 Å². The summed E-state index contributed by atoms with van der Waals surface area (Å²) in [5.74, 6) is 0.0211. The molecule has 0 spiro atoms. The molecule has 2 N–H and O–H groups in total. The van der Waals surface area contributed by atoms with Gasteiger partial charge in [-0.2, -0.15) is 5.26 Å². The van der Waals surface area contributed by atoms with Gasteiger partial charge in [-0.15, -0.1) is 0 Å². The fraction of sp³-hybridized carbons (Fsp3) is 0.440. The van der Waals surface area contributed by atoms with Crippen LogP contribution in [-0.4, -0.2) is 41.9 Å². The van der Waals surface area contributed by atoms with Crippen molar-refractivity contribution in [1.82, 2.24) is 20.4 Å². The number of dihydropyridines is 1. The summed E-state index contributed by atoms with van der Waals surface area (Å²) in [4.78, 5) is 17.4. The number of likely N-dealkylation sites (tertiary alicyclic amines) is 1. The molecule has 0 saturated carbocycles. The van der Waals surface area contributed by atoms with Gasteiger partial charge in [0.05, 0.1) is 18.7 Å². The van der Waals surface area contributed by atoms with Gasteiger partial charge in [-0.3, -0.25) is 4.79 Å². The van der Waals surface area contributed by atoms with Gasteiger partial charge in [0.1, 0.15) is 23.2 Å². The maximum absolute atomic E-state index is 14.7. The molecule has 3 heterocycles. The molecule has 2 unspecified atom stereocenters. The molecule has 0 aromatic heterocycles. The molecule has 0 radical (unpaired) electrons. The molecule has 33 heavy (non-hydrogen) atoms. The van der Waals surface area contributed by atoms with Gasteiger partial charge in [-0.05, 0) is 64.3 Å². The lowest BCUT2D eigenvalue weighted by Crippen LogP contribution is -2.51. The molecule has 0 aliphatic carbocycles. The van der Waals surface area contributed by atoms with Crippen LogP contribution in [0.5, 0.6) is 0 Å². The summed E-state index contributed by atoms with van der Waals surface area (Å²) >= 11 is 0. The number of allylic oxidation sites excluding steroid dienone is 3. The van der Waals surface area contributed by atoms with Crippen molar-refractivity contribution in [3.63, 3.8) is 0 Å². The summed E-state index contributed by atoms with van der Waals surface area (Å²) in [7, 11) is 1.60. The van der Waals surface area contributed by atoms with E-state index < -0.39 is 11.5 Å². The van der Waals surface area contributed by atoms with Crippen LogP contribution in [0.1, 0.15) is 51.2 Å². The quantitative estimate of drug-likeness (QED) is 0.731. The number of nitriles is 1. The average Bonchev–Trinajstić information content (AvgIpc) is 3.10. The van der Waals surface area contributed by atoms with Crippen LogP contribution in [-0.2, 0) is 15.2 Å². The molecule has 7 nitrogen and oxygen atoms in total. The number of halogens is 1. The summed E-state index contributed by atoms with van der Waals surface area (Å²) in [6.07, 6.45) is 6.92. The number of carbonyl (C=O) groups excluding carboxylic acids is 1. The van der Waals surface area contributed by atoms with Crippen LogP contribution in [0.15, 0.2) is 53.3 Å². The molecule has 0 bridgehead atoms. The van der Waals surface area contributed by atoms with Gasteiger partial charge in [-0.25, -0.2) is 4.39 Å². The predicted molar refractivity (Wildman–Crippen MR) is 122 cm³/mol. The van der Waals surface area contributed by atoms with E-state index in [1.165, 1.54) is 12.1 Å². The molecule has 1 fully saturated rings. The minimum Gasteiger partial charge on any atom is -0.483 e. The number of carbonyl (C=O) groups is 1. The zero-order valence-electron chi connectivity index (χ0n) is 19.5. The molecule has 1 saturated heterocycles. The van der Waals surface area contributed by atoms with Crippen LogP contribution in [0.4, 0.5) is 4.39 Å². The molecule has 8 heteroatoms. The number of ether oxygens (including phenoxy) is 1. The van der Waals surface area contributed by atoms with Crippen LogP contribution in [0, 0.1) is 17.1 Å². The Bertz CT molecular complexity index is 1100. The predicted octanol–water partition coefficient (Wildman–Crippen LogP) is 3.38. The summed E-state index contributed by atoms with van der Waals surface area (Å²) in [5.41, 5.74) is 1.87. The minimum atomic E-state index is -0.931. The third-order valence-electron chi connectivity index (χ3n) is 6.71. The molecule has 2 atom stereocenters. The van der Waals surface area contributed by atoms with Crippen molar-refractivity contribution in [1.29, 1.82) is 5.26 Å². The lowest BCUT2D eigenvalue weighted by Gasteiger charge is -2.42. The number of benzene rings is 1. The van der Waals surface area contributed by atoms with E-state index in [1.54, 1.807) is 13.2 Å². The average molecular weight is 452 g/mol. The molecule has 3 aliphatic heterocycles. The van der Waals surface area contributed by atoms with Crippen LogP contribution >= 0.6 is 0 Å². The molecule has 1 aromatic carbocycles. The van der Waals surface area contributed by atoms with Gasteiger partial charge in [0.2, 0.25) is 0 Å². The molecule has 3 aliphatic rings.